The summed E-state index contributed by atoms with van der Waals surface area (Å²) in [5, 5.41) is 3.39. The summed E-state index contributed by atoms with van der Waals surface area (Å²) in [7, 11) is 0. The number of hydrogen-bond donors (Lipinski definition) is 2. The van der Waals surface area contributed by atoms with Crippen LogP contribution in [0.25, 0.3) is 0 Å². The van der Waals surface area contributed by atoms with Crippen molar-refractivity contribution >= 4 is 5.91 Å². The maximum atomic E-state index is 12.0. The fraction of sp³-hybridized carbons (Fsp3) is 0.938. The predicted molar refractivity (Wildman–Crippen MR) is 82.5 cm³/mol. The van der Waals surface area contributed by atoms with Crippen molar-refractivity contribution in [1.82, 2.24) is 10.2 Å². The van der Waals surface area contributed by atoms with Crippen LogP contribution >= 0.6 is 0 Å². The van der Waals surface area contributed by atoms with Crippen molar-refractivity contribution in [3.63, 3.8) is 0 Å². The zero-order chi connectivity index (χ0) is 14.4. The van der Waals surface area contributed by atoms with Crippen LogP contribution in [0.3, 0.4) is 0 Å². The Morgan fingerprint density at radius 1 is 1.20 bits per heavy atom. The van der Waals surface area contributed by atoms with E-state index in [1.165, 1.54) is 51.6 Å². The van der Waals surface area contributed by atoms with Crippen molar-refractivity contribution < 1.29 is 4.79 Å². The van der Waals surface area contributed by atoms with Gasteiger partial charge in [-0.2, -0.15) is 0 Å². The molecule has 0 bridgehead atoms. The maximum Gasteiger partial charge on any atom is 0.237 e. The Balaban J connectivity index is 2.02. The summed E-state index contributed by atoms with van der Waals surface area (Å²) in [6.07, 6.45) is 10.9. The van der Waals surface area contributed by atoms with E-state index in [2.05, 4.69) is 17.1 Å². The van der Waals surface area contributed by atoms with Gasteiger partial charge in [0.2, 0.25) is 5.91 Å². The van der Waals surface area contributed by atoms with Crippen LogP contribution in [0.2, 0.25) is 0 Å². The van der Waals surface area contributed by atoms with Crippen molar-refractivity contribution in [3.05, 3.63) is 0 Å². The minimum Gasteiger partial charge on any atom is -0.368 e. The van der Waals surface area contributed by atoms with Gasteiger partial charge in [-0.3, -0.25) is 4.79 Å². The van der Waals surface area contributed by atoms with E-state index in [-0.39, 0.29) is 5.91 Å². The number of likely N-dealkylation sites (N-methyl/N-ethyl adjacent to an activating group) is 1. The molecule has 2 rings (SSSR count). The molecule has 2 fully saturated rings. The first kappa shape index (κ1) is 15.8. The van der Waals surface area contributed by atoms with Crippen LogP contribution in [-0.4, -0.2) is 42.0 Å². The zero-order valence-electron chi connectivity index (χ0n) is 13.0. The Kier molecular flexibility index (Phi) is 5.85. The minimum atomic E-state index is -0.458. The molecule has 1 amide bonds. The second kappa shape index (κ2) is 7.41. The summed E-state index contributed by atoms with van der Waals surface area (Å²) >= 11 is 0. The molecule has 0 aromatic rings. The molecule has 0 radical (unpaired) electrons. The van der Waals surface area contributed by atoms with E-state index in [0.717, 1.165) is 25.8 Å². The standard InChI is InChI=1S/C16H31N3O/c1-2-18-16(15(17)20)10-8-9-14(13-16)19-11-6-4-3-5-7-12-19/h14,18H,2-13H2,1H3,(H2,17,20). The third-order valence-electron chi connectivity index (χ3n) is 5.12. The number of amides is 1. The highest BCUT2D eigenvalue weighted by Gasteiger charge is 2.42. The molecule has 0 spiro atoms. The lowest BCUT2D eigenvalue weighted by atomic mass is 9.77. The SMILES string of the molecule is CCNC1(C(N)=O)CCCC(N2CCCCCCC2)C1. The quantitative estimate of drug-likeness (QED) is 0.829. The largest absolute Gasteiger partial charge is 0.368 e. The van der Waals surface area contributed by atoms with Gasteiger partial charge in [-0.25, -0.2) is 0 Å². The number of likely N-dealkylation sites (tertiary alicyclic amines) is 1. The molecule has 2 atom stereocenters. The second-order valence-corrected chi connectivity index (χ2v) is 6.53. The second-order valence-electron chi connectivity index (χ2n) is 6.53. The number of hydrogen-bond acceptors (Lipinski definition) is 3. The molecular formula is C16H31N3O. The lowest BCUT2D eigenvalue weighted by molar-refractivity contribution is -0.126. The van der Waals surface area contributed by atoms with Gasteiger partial charge in [-0.1, -0.05) is 26.2 Å². The minimum absolute atomic E-state index is 0.156. The average molecular weight is 281 g/mol. The Morgan fingerprint density at radius 2 is 1.85 bits per heavy atom. The van der Waals surface area contributed by atoms with Gasteiger partial charge < -0.3 is 16.0 Å². The Bertz CT molecular complexity index is 309. The first-order valence-electron chi connectivity index (χ1n) is 8.47. The highest BCUT2D eigenvalue weighted by Crippen LogP contribution is 2.32. The maximum absolute atomic E-state index is 12.0. The molecule has 0 aromatic carbocycles. The first-order valence-corrected chi connectivity index (χ1v) is 8.47. The van der Waals surface area contributed by atoms with Crippen molar-refractivity contribution in [3.8, 4) is 0 Å². The van der Waals surface area contributed by atoms with Crippen LogP contribution < -0.4 is 11.1 Å². The molecule has 0 aromatic heterocycles. The molecule has 2 aliphatic rings. The van der Waals surface area contributed by atoms with E-state index < -0.39 is 5.54 Å². The van der Waals surface area contributed by atoms with Gasteiger partial charge >= 0.3 is 0 Å². The van der Waals surface area contributed by atoms with E-state index in [1.54, 1.807) is 0 Å². The van der Waals surface area contributed by atoms with Crippen molar-refractivity contribution in [2.75, 3.05) is 19.6 Å². The summed E-state index contributed by atoms with van der Waals surface area (Å²) in [5.41, 5.74) is 5.26. The molecule has 1 aliphatic heterocycles. The lowest BCUT2D eigenvalue weighted by Gasteiger charge is -2.44. The van der Waals surface area contributed by atoms with Crippen molar-refractivity contribution in [1.29, 1.82) is 0 Å². The molecule has 1 heterocycles. The van der Waals surface area contributed by atoms with Crippen molar-refractivity contribution in [2.45, 2.75) is 76.3 Å². The molecule has 1 saturated heterocycles. The highest BCUT2D eigenvalue weighted by molar-refractivity contribution is 5.84. The van der Waals surface area contributed by atoms with Crippen LogP contribution in [0.4, 0.5) is 0 Å². The van der Waals surface area contributed by atoms with Gasteiger partial charge in [-0.15, -0.1) is 0 Å². The average Bonchev–Trinajstić information content (AvgIpc) is 2.38. The molecule has 4 nitrogen and oxygen atoms in total. The van der Waals surface area contributed by atoms with Crippen LogP contribution in [0.1, 0.15) is 64.7 Å². The van der Waals surface area contributed by atoms with Crippen LogP contribution in [0, 0.1) is 0 Å². The summed E-state index contributed by atoms with van der Waals surface area (Å²) in [4.78, 5) is 14.6. The van der Waals surface area contributed by atoms with Gasteiger partial charge in [0.1, 0.15) is 0 Å². The fourth-order valence-corrected chi connectivity index (χ4v) is 4.00. The molecule has 3 N–H and O–H groups in total. The molecule has 1 saturated carbocycles. The molecule has 116 valence electrons. The Morgan fingerprint density at radius 3 is 2.45 bits per heavy atom. The number of nitrogens with one attached hydrogen (secondary N) is 1. The molecule has 4 heteroatoms. The first-order chi connectivity index (χ1) is 9.68. The smallest absolute Gasteiger partial charge is 0.237 e. The van der Waals surface area contributed by atoms with E-state index in [4.69, 9.17) is 5.73 Å². The molecule has 2 unspecified atom stereocenters. The van der Waals surface area contributed by atoms with Crippen LogP contribution in [0.5, 0.6) is 0 Å². The van der Waals surface area contributed by atoms with Crippen LogP contribution in [-0.2, 0) is 4.79 Å². The summed E-state index contributed by atoms with van der Waals surface area (Å²) in [5.74, 6) is -0.156. The Hall–Kier alpha value is -0.610. The fourth-order valence-electron chi connectivity index (χ4n) is 4.00. The van der Waals surface area contributed by atoms with Gasteiger partial charge in [0.15, 0.2) is 0 Å². The number of carbonyl (C=O) groups excluding carboxylic acids is 1. The number of carbonyl (C=O) groups is 1. The summed E-state index contributed by atoms with van der Waals surface area (Å²) in [6.45, 7) is 5.28. The molecule has 1 aliphatic carbocycles. The van der Waals surface area contributed by atoms with E-state index in [0.29, 0.717) is 6.04 Å². The topological polar surface area (TPSA) is 58.4 Å². The summed E-state index contributed by atoms with van der Waals surface area (Å²) < 4.78 is 0. The van der Waals surface area contributed by atoms with E-state index >= 15 is 0 Å². The zero-order valence-corrected chi connectivity index (χ0v) is 13.0. The van der Waals surface area contributed by atoms with E-state index in [1.807, 2.05) is 0 Å². The van der Waals surface area contributed by atoms with E-state index in [9.17, 15) is 4.79 Å². The van der Waals surface area contributed by atoms with Gasteiger partial charge in [0, 0.05) is 6.04 Å². The lowest BCUT2D eigenvalue weighted by Crippen LogP contribution is -2.60. The monoisotopic (exact) mass is 281 g/mol. The third kappa shape index (κ3) is 3.73. The number of nitrogens with two attached hydrogens (primary N) is 1. The Labute approximate surface area is 123 Å². The van der Waals surface area contributed by atoms with Crippen molar-refractivity contribution in [2.24, 2.45) is 5.73 Å². The summed E-state index contributed by atoms with van der Waals surface area (Å²) in [6, 6.07) is 0.536. The highest BCUT2D eigenvalue weighted by atomic mass is 16.1. The normalized spacial score (nSPS) is 33.4. The number of primary amides is 1. The molecule has 20 heavy (non-hydrogen) atoms. The number of rotatable bonds is 4. The van der Waals surface area contributed by atoms with Gasteiger partial charge in [0.25, 0.3) is 0 Å². The van der Waals surface area contributed by atoms with Gasteiger partial charge in [-0.05, 0) is 58.2 Å². The van der Waals surface area contributed by atoms with Gasteiger partial charge in [0.05, 0.1) is 5.54 Å². The predicted octanol–water partition coefficient (Wildman–Crippen LogP) is 2.03. The molecular weight excluding hydrogens is 250 g/mol. The van der Waals surface area contributed by atoms with Crippen LogP contribution in [0.15, 0.2) is 0 Å². The number of nitrogens with zero attached hydrogens (tertiary/aromatic N) is 1. The third-order valence-corrected chi connectivity index (χ3v) is 5.12.